The van der Waals surface area contributed by atoms with Crippen LogP contribution in [0.2, 0.25) is 0 Å². The summed E-state index contributed by atoms with van der Waals surface area (Å²) in [6.45, 7) is 5.47. The Morgan fingerprint density at radius 2 is 1.52 bits per heavy atom. The highest BCUT2D eigenvalue weighted by atomic mass is 19.1. The molecule has 2 heterocycles. The van der Waals surface area contributed by atoms with Crippen LogP contribution < -0.4 is 9.47 Å². The van der Waals surface area contributed by atoms with E-state index in [2.05, 4.69) is 15.0 Å². The summed E-state index contributed by atoms with van der Waals surface area (Å²) in [4.78, 5) is 4.52. The number of β-amino-alcohol motifs (C(OH)–C–C–N with tert-alkyl or cyclic N) is 1. The first-order valence-corrected chi connectivity index (χ1v) is 14.0. The Kier molecular flexibility index (Phi) is 9.63. The number of ether oxygens (including phenoxy) is 2. The van der Waals surface area contributed by atoms with Crippen LogP contribution in [-0.2, 0) is 0 Å². The van der Waals surface area contributed by atoms with Crippen molar-refractivity contribution in [1.29, 1.82) is 0 Å². The lowest BCUT2D eigenvalue weighted by molar-refractivity contribution is 0.0400. The number of aliphatic hydroxyl groups excluding tert-OH is 1. The molecule has 0 saturated carbocycles. The van der Waals surface area contributed by atoms with E-state index in [1.54, 1.807) is 31.4 Å². The first-order chi connectivity index (χ1) is 20.4. The highest BCUT2D eigenvalue weighted by Crippen LogP contribution is 2.30. The maximum atomic E-state index is 13.6. The molecule has 0 aliphatic carbocycles. The van der Waals surface area contributed by atoms with Crippen molar-refractivity contribution in [2.45, 2.75) is 19.1 Å². The Morgan fingerprint density at radius 3 is 2.12 bits per heavy atom. The van der Waals surface area contributed by atoms with E-state index in [9.17, 15) is 13.9 Å². The van der Waals surface area contributed by atoms with Gasteiger partial charge in [-0.3, -0.25) is 9.80 Å². The topological polar surface area (TPSA) is 71.2 Å². The molecular weight excluding hydrogens is 540 g/mol. The average molecular weight is 576 g/mol. The van der Waals surface area contributed by atoms with Crippen molar-refractivity contribution in [3.8, 4) is 11.6 Å². The number of methoxy groups -OCH3 is 1. The van der Waals surface area contributed by atoms with Crippen molar-refractivity contribution in [2.75, 3.05) is 46.4 Å². The monoisotopic (exact) mass is 575 g/mol. The molecule has 5 rings (SSSR count). The zero-order chi connectivity index (χ0) is 29.5. The fourth-order valence-corrected chi connectivity index (χ4v) is 5.24. The molecule has 1 aromatic heterocycles. The molecule has 1 saturated heterocycles. The number of halogens is 2. The van der Waals surface area contributed by atoms with Gasteiger partial charge in [0.2, 0.25) is 0 Å². The van der Waals surface area contributed by atoms with E-state index in [1.165, 1.54) is 24.3 Å². The Morgan fingerprint density at radius 1 is 0.905 bits per heavy atom. The number of piperazine rings is 1. The molecule has 42 heavy (non-hydrogen) atoms. The number of benzene rings is 3. The Bertz CT molecular complexity index is 1420. The lowest BCUT2D eigenvalue weighted by atomic mass is 9.96. The minimum Gasteiger partial charge on any atom is -0.490 e. The second-order valence-corrected chi connectivity index (χ2v) is 10.4. The smallest absolute Gasteiger partial charge is 0.257 e. The fourth-order valence-electron chi connectivity index (χ4n) is 5.24. The van der Waals surface area contributed by atoms with Crippen molar-refractivity contribution < 1.29 is 27.9 Å². The maximum Gasteiger partial charge on any atom is 0.257 e. The summed E-state index contributed by atoms with van der Waals surface area (Å²) in [7, 11) is 1.55. The first-order valence-electron chi connectivity index (χ1n) is 14.0. The summed E-state index contributed by atoms with van der Waals surface area (Å²) in [5.74, 6) is 1.12. The van der Waals surface area contributed by atoms with Crippen LogP contribution in [0.5, 0.6) is 11.6 Å². The van der Waals surface area contributed by atoms with Gasteiger partial charge in [0.1, 0.15) is 30.1 Å². The maximum absolute atomic E-state index is 13.6. The van der Waals surface area contributed by atoms with Crippen LogP contribution in [0.4, 0.5) is 8.78 Å². The molecule has 3 aromatic carbocycles. The molecule has 1 atom stereocenters. The first kappa shape index (κ1) is 29.4. The number of nitrogens with zero attached hydrogens (tertiary/aromatic N) is 3. The van der Waals surface area contributed by atoms with Crippen LogP contribution in [0, 0.1) is 18.6 Å². The summed E-state index contributed by atoms with van der Waals surface area (Å²) in [5, 5.41) is 14.7. The highest BCUT2D eigenvalue weighted by molar-refractivity contribution is 5.72. The van der Waals surface area contributed by atoms with E-state index >= 15 is 0 Å². The zero-order valence-corrected chi connectivity index (χ0v) is 23.7. The van der Waals surface area contributed by atoms with E-state index in [0.717, 1.165) is 48.4 Å². The molecular formula is C33H35F2N3O4. The van der Waals surface area contributed by atoms with Gasteiger partial charge in [-0.05, 0) is 65.7 Å². The second-order valence-electron chi connectivity index (χ2n) is 10.4. The van der Waals surface area contributed by atoms with Crippen LogP contribution in [0.3, 0.4) is 0 Å². The van der Waals surface area contributed by atoms with Gasteiger partial charge >= 0.3 is 0 Å². The normalized spacial score (nSPS) is 15.4. The van der Waals surface area contributed by atoms with Crippen LogP contribution in [0.1, 0.15) is 34.1 Å². The average Bonchev–Trinajstić information content (AvgIpc) is 3.37. The molecule has 1 aliphatic heterocycles. The predicted octanol–water partition coefficient (Wildman–Crippen LogP) is 5.59. The largest absolute Gasteiger partial charge is 0.490 e. The van der Waals surface area contributed by atoms with Crippen molar-refractivity contribution in [3.05, 3.63) is 112 Å². The molecule has 1 N–H and O–H groups in total. The number of aromatic nitrogens is 1. The van der Waals surface area contributed by atoms with Gasteiger partial charge in [-0.15, -0.1) is 0 Å². The SMILES string of the molecule is COc1noc(/C=C/c2ccccc2OCC(O)CN2CCN(C(c3ccc(F)cc3)c3ccc(F)cc3)CC2)c1C. The van der Waals surface area contributed by atoms with Crippen LogP contribution >= 0.6 is 0 Å². The van der Waals surface area contributed by atoms with Gasteiger partial charge in [-0.2, -0.15) is 0 Å². The molecule has 1 fully saturated rings. The van der Waals surface area contributed by atoms with Gasteiger partial charge in [0, 0.05) is 38.3 Å². The Hall–Kier alpha value is -4.05. The third kappa shape index (κ3) is 7.23. The minimum atomic E-state index is -0.681. The number of rotatable bonds is 11. The summed E-state index contributed by atoms with van der Waals surface area (Å²) in [6.07, 6.45) is 3.01. The Balaban J connectivity index is 1.16. The highest BCUT2D eigenvalue weighted by Gasteiger charge is 2.27. The minimum absolute atomic E-state index is 0.118. The number of hydrogen-bond donors (Lipinski definition) is 1. The zero-order valence-electron chi connectivity index (χ0n) is 23.7. The van der Waals surface area contributed by atoms with Gasteiger partial charge in [-0.25, -0.2) is 8.78 Å². The summed E-state index contributed by atoms with van der Waals surface area (Å²) in [6, 6.07) is 20.5. The summed E-state index contributed by atoms with van der Waals surface area (Å²) < 4.78 is 43.8. The molecule has 4 aromatic rings. The van der Waals surface area contributed by atoms with Gasteiger partial charge < -0.3 is 19.1 Å². The van der Waals surface area contributed by atoms with Crippen molar-refractivity contribution >= 4 is 12.2 Å². The quantitative estimate of drug-likeness (QED) is 0.250. The van der Waals surface area contributed by atoms with Crippen LogP contribution in [0.15, 0.2) is 77.3 Å². The lowest BCUT2D eigenvalue weighted by Crippen LogP contribution is -2.50. The Labute approximate surface area is 244 Å². The standard InChI is InChI=1S/C33H35F2N3O4/c1-23-30(42-36-33(23)40-2)16-11-24-5-3-4-6-31(24)41-22-29(39)21-37-17-19-38(20-18-37)32(25-7-12-27(34)13-8-25)26-9-14-28(35)15-10-26/h3-16,29,32,39H,17-22H2,1-2H3/b16-11+. The third-order valence-corrected chi connectivity index (χ3v) is 7.49. The molecule has 0 bridgehead atoms. The molecule has 0 radical (unpaired) electrons. The molecule has 220 valence electrons. The van der Waals surface area contributed by atoms with Crippen LogP contribution in [0.25, 0.3) is 12.2 Å². The van der Waals surface area contributed by atoms with E-state index in [4.69, 9.17) is 14.0 Å². The summed E-state index contributed by atoms with van der Waals surface area (Å²) >= 11 is 0. The van der Waals surface area contributed by atoms with E-state index in [1.807, 2.05) is 43.3 Å². The van der Waals surface area contributed by atoms with Gasteiger partial charge in [-0.1, -0.05) is 42.5 Å². The summed E-state index contributed by atoms with van der Waals surface area (Å²) in [5.41, 5.74) is 3.57. The number of hydrogen-bond acceptors (Lipinski definition) is 7. The third-order valence-electron chi connectivity index (χ3n) is 7.49. The molecule has 0 spiro atoms. The van der Waals surface area contributed by atoms with Crippen molar-refractivity contribution in [2.24, 2.45) is 0 Å². The predicted molar refractivity (Wildman–Crippen MR) is 157 cm³/mol. The van der Waals surface area contributed by atoms with Gasteiger partial charge in [0.25, 0.3) is 5.88 Å². The van der Waals surface area contributed by atoms with Crippen molar-refractivity contribution in [3.63, 3.8) is 0 Å². The molecule has 0 amide bonds. The molecule has 7 nitrogen and oxygen atoms in total. The fraction of sp³-hybridized carbons (Fsp3) is 0.303. The lowest BCUT2D eigenvalue weighted by Gasteiger charge is -2.40. The van der Waals surface area contributed by atoms with Crippen LogP contribution in [-0.4, -0.2) is 72.6 Å². The van der Waals surface area contributed by atoms with E-state index in [0.29, 0.717) is 23.9 Å². The van der Waals surface area contributed by atoms with E-state index < -0.39 is 6.10 Å². The second kappa shape index (κ2) is 13.7. The molecule has 1 unspecified atom stereocenters. The number of para-hydroxylation sites is 1. The van der Waals surface area contributed by atoms with Gasteiger partial charge in [0.05, 0.1) is 18.7 Å². The molecule has 1 aliphatic rings. The van der Waals surface area contributed by atoms with E-state index in [-0.39, 0.29) is 24.3 Å². The van der Waals surface area contributed by atoms with Gasteiger partial charge in [0.15, 0.2) is 5.76 Å². The van der Waals surface area contributed by atoms with Crippen molar-refractivity contribution in [1.82, 2.24) is 15.0 Å². The number of aliphatic hydroxyl groups is 1. The molecule has 9 heteroatoms.